The number of allylic oxidation sites excluding steroid dienone is 4. The van der Waals surface area contributed by atoms with Crippen molar-refractivity contribution in [2.24, 2.45) is 0 Å². The first-order chi connectivity index (χ1) is 18.7. The van der Waals surface area contributed by atoms with Gasteiger partial charge in [0.1, 0.15) is 5.58 Å². The maximum Gasteiger partial charge on any atom is 0.164 e. The van der Waals surface area contributed by atoms with E-state index in [-0.39, 0.29) is 0 Å². The van der Waals surface area contributed by atoms with Crippen molar-refractivity contribution in [2.45, 2.75) is 13.8 Å². The highest BCUT2D eigenvalue weighted by atomic mass is 35.5. The molecule has 2 aromatic heterocycles. The Labute approximate surface area is 226 Å². The number of para-hydroxylation sites is 1. The average molecular weight is 514 g/mol. The molecule has 2 heterocycles. The third-order valence-electron chi connectivity index (χ3n) is 6.52. The first-order valence-corrected chi connectivity index (χ1v) is 12.9. The number of furan rings is 1. The molecule has 0 amide bonds. The Bertz CT molecular complexity index is 1830. The molecule has 0 aliphatic heterocycles. The van der Waals surface area contributed by atoms with Crippen LogP contribution in [0.1, 0.15) is 19.4 Å². The molecule has 6 rings (SSSR count). The van der Waals surface area contributed by atoms with Crippen molar-refractivity contribution in [3.05, 3.63) is 120 Å². The molecule has 0 fully saturated rings. The molecule has 184 valence electrons. The van der Waals surface area contributed by atoms with Crippen LogP contribution in [-0.2, 0) is 0 Å². The van der Waals surface area contributed by atoms with Crippen LogP contribution >= 0.6 is 11.6 Å². The lowest BCUT2D eigenvalue weighted by atomic mass is 10.0. The summed E-state index contributed by atoms with van der Waals surface area (Å²) < 4.78 is 6.13. The van der Waals surface area contributed by atoms with Crippen molar-refractivity contribution >= 4 is 39.1 Å². The van der Waals surface area contributed by atoms with Crippen LogP contribution in [-0.4, -0.2) is 15.0 Å². The topological polar surface area (TPSA) is 51.8 Å². The van der Waals surface area contributed by atoms with E-state index in [4.69, 9.17) is 31.0 Å². The van der Waals surface area contributed by atoms with Gasteiger partial charge in [0.05, 0.1) is 5.02 Å². The van der Waals surface area contributed by atoms with E-state index < -0.39 is 0 Å². The minimum atomic E-state index is 0.550. The second-order valence-corrected chi connectivity index (χ2v) is 9.30. The summed E-state index contributed by atoms with van der Waals surface area (Å²) in [6, 6.07) is 30.0. The quantitative estimate of drug-likeness (QED) is 0.215. The number of fused-ring (bicyclic) bond motifs is 3. The van der Waals surface area contributed by atoms with Gasteiger partial charge >= 0.3 is 0 Å². The van der Waals surface area contributed by atoms with Gasteiger partial charge in [-0.2, -0.15) is 0 Å². The van der Waals surface area contributed by atoms with Gasteiger partial charge in [-0.15, -0.1) is 0 Å². The van der Waals surface area contributed by atoms with Gasteiger partial charge in [-0.25, -0.2) is 15.0 Å². The third-order valence-corrected chi connectivity index (χ3v) is 6.82. The molecule has 4 aromatic carbocycles. The van der Waals surface area contributed by atoms with Gasteiger partial charge < -0.3 is 4.42 Å². The van der Waals surface area contributed by atoms with Gasteiger partial charge in [0.15, 0.2) is 23.1 Å². The number of hydrogen-bond acceptors (Lipinski definition) is 4. The fourth-order valence-corrected chi connectivity index (χ4v) is 4.87. The van der Waals surface area contributed by atoms with Crippen LogP contribution < -0.4 is 0 Å². The van der Waals surface area contributed by atoms with E-state index in [1.165, 1.54) is 0 Å². The average Bonchev–Trinajstić information content (AvgIpc) is 3.37. The molecule has 0 radical (unpaired) electrons. The summed E-state index contributed by atoms with van der Waals surface area (Å²) in [6.07, 6.45) is 6.25. The molecule has 0 bridgehead atoms. The van der Waals surface area contributed by atoms with Crippen LogP contribution in [0, 0.1) is 0 Å². The van der Waals surface area contributed by atoms with Gasteiger partial charge in [-0.1, -0.05) is 103 Å². The van der Waals surface area contributed by atoms with E-state index in [9.17, 15) is 0 Å². The standard InChI is InChI=1S/C33H24ClN3O/c1-3-10-21(4-2)22-15-17-24(18-16-22)32-35-31(23-11-6-5-7-12-23)36-33(37-32)26-19-20-27(34)30-29(26)25-13-8-9-14-28(25)38-30/h3-20H,1-2H3/b10-3-,21-4+. The SMILES string of the molecule is C/C=C\C(=C/C)c1ccc(-c2nc(-c3ccccc3)nc(-c3ccc(Cl)c4oc5ccccc5c34)n2)cc1. The second kappa shape index (κ2) is 10.1. The van der Waals surface area contributed by atoms with Gasteiger partial charge in [-0.3, -0.25) is 0 Å². The van der Waals surface area contributed by atoms with Crippen LogP contribution in [0.5, 0.6) is 0 Å². The number of benzene rings is 4. The van der Waals surface area contributed by atoms with Gasteiger partial charge in [0.2, 0.25) is 0 Å². The Morgan fingerprint density at radius 2 is 1.37 bits per heavy atom. The zero-order chi connectivity index (χ0) is 26.1. The van der Waals surface area contributed by atoms with E-state index >= 15 is 0 Å². The molecule has 0 aliphatic rings. The van der Waals surface area contributed by atoms with E-state index in [1.54, 1.807) is 0 Å². The Balaban J connectivity index is 1.57. The summed E-state index contributed by atoms with van der Waals surface area (Å²) in [5, 5.41) is 2.41. The van der Waals surface area contributed by atoms with Crippen LogP contribution in [0.25, 0.3) is 61.7 Å². The molecule has 5 heteroatoms. The van der Waals surface area contributed by atoms with Crippen molar-refractivity contribution < 1.29 is 4.42 Å². The smallest absolute Gasteiger partial charge is 0.164 e. The summed E-state index contributed by atoms with van der Waals surface area (Å²) >= 11 is 6.56. The van der Waals surface area contributed by atoms with E-state index in [0.29, 0.717) is 28.1 Å². The molecular formula is C33H24ClN3O. The molecule has 4 nitrogen and oxygen atoms in total. The number of hydrogen-bond donors (Lipinski definition) is 0. The van der Waals surface area contributed by atoms with Crippen molar-refractivity contribution in [1.29, 1.82) is 0 Å². The number of aromatic nitrogens is 3. The first-order valence-electron chi connectivity index (χ1n) is 12.5. The van der Waals surface area contributed by atoms with E-state index in [1.807, 2.05) is 86.7 Å². The summed E-state index contributed by atoms with van der Waals surface area (Å²) in [7, 11) is 0. The zero-order valence-electron chi connectivity index (χ0n) is 21.0. The van der Waals surface area contributed by atoms with Crippen molar-refractivity contribution in [2.75, 3.05) is 0 Å². The second-order valence-electron chi connectivity index (χ2n) is 8.89. The minimum Gasteiger partial charge on any atom is -0.454 e. The van der Waals surface area contributed by atoms with Crippen molar-refractivity contribution in [1.82, 2.24) is 15.0 Å². The summed E-state index contributed by atoms with van der Waals surface area (Å²) in [4.78, 5) is 14.8. The fourth-order valence-electron chi connectivity index (χ4n) is 4.68. The first kappa shape index (κ1) is 23.8. The highest BCUT2D eigenvalue weighted by molar-refractivity contribution is 6.36. The Morgan fingerprint density at radius 1 is 0.711 bits per heavy atom. The summed E-state index contributed by atoms with van der Waals surface area (Å²) in [5.41, 5.74) is 6.36. The van der Waals surface area contributed by atoms with Crippen LogP contribution in [0.2, 0.25) is 5.02 Å². The Morgan fingerprint density at radius 3 is 2.08 bits per heavy atom. The molecule has 0 N–H and O–H groups in total. The van der Waals surface area contributed by atoms with Gasteiger partial charge in [0, 0.05) is 27.5 Å². The van der Waals surface area contributed by atoms with E-state index in [0.717, 1.165) is 44.2 Å². The lowest BCUT2D eigenvalue weighted by Gasteiger charge is -2.10. The molecule has 0 saturated carbocycles. The summed E-state index contributed by atoms with van der Waals surface area (Å²) in [5.74, 6) is 1.77. The molecule has 0 unspecified atom stereocenters. The number of halogens is 1. The highest BCUT2D eigenvalue weighted by Crippen LogP contribution is 2.39. The molecule has 0 atom stereocenters. The lowest BCUT2D eigenvalue weighted by molar-refractivity contribution is 0.669. The predicted octanol–water partition coefficient (Wildman–Crippen LogP) is 9.40. The Hall–Kier alpha value is -4.54. The monoisotopic (exact) mass is 513 g/mol. The van der Waals surface area contributed by atoms with E-state index in [2.05, 4.69) is 36.4 Å². The molecule has 38 heavy (non-hydrogen) atoms. The molecule has 0 saturated heterocycles. The Kier molecular flexibility index (Phi) is 6.32. The number of nitrogens with zero attached hydrogens (tertiary/aromatic N) is 3. The highest BCUT2D eigenvalue weighted by Gasteiger charge is 2.19. The van der Waals surface area contributed by atoms with Crippen LogP contribution in [0.4, 0.5) is 0 Å². The fraction of sp³-hybridized carbons (Fsp3) is 0.0606. The molecule has 0 spiro atoms. The zero-order valence-corrected chi connectivity index (χ0v) is 21.8. The summed E-state index contributed by atoms with van der Waals surface area (Å²) in [6.45, 7) is 4.06. The molecule has 6 aromatic rings. The maximum atomic E-state index is 6.56. The molecular weight excluding hydrogens is 490 g/mol. The van der Waals surface area contributed by atoms with Crippen molar-refractivity contribution in [3.8, 4) is 34.2 Å². The van der Waals surface area contributed by atoms with Gasteiger partial charge in [0.25, 0.3) is 0 Å². The lowest BCUT2D eigenvalue weighted by Crippen LogP contribution is -2.00. The minimum absolute atomic E-state index is 0.550. The third kappa shape index (κ3) is 4.29. The van der Waals surface area contributed by atoms with Crippen molar-refractivity contribution in [3.63, 3.8) is 0 Å². The largest absolute Gasteiger partial charge is 0.454 e. The number of rotatable bonds is 5. The normalized spacial score (nSPS) is 12.1. The predicted molar refractivity (Wildman–Crippen MR) is 157 cm³/mol. The van der Waals surface area contributed by atoms with Crippen LogP contribution in [0.15, 0.2) is 114 Å². The van der Waals surface area contributed by atoms with Crippen LogP contribution in [0.3, 0.4) is 0 Å². The molecule has 0 aliphatic carbocycles. The maximum absolute atomic E-state index is 6.56. The van der Waals surface area contributed by atoms with Gasteiger partial charge in [-0.05, 0) is 43.2 Å².